The number of halogens is 1. The van der Waals surface area contributed by atoms with Gasteiger partial charge in [-0.3, -0.25) is 14.9 Å². The molecule has 1 rings (SSSR count). The van der Waals surface area contributed by atoms with Gasteiger partial charge < -0.3 is 10.4 Å². The zero-order valence-electron chi connectivity index (χ0n) is 10.8. The smallest absolute Gasteiger partial charge is 0.329 e. The molecule has 0 heterocycles. The Bertz CT molecular complexity index is 575. The van der Waals surface area contributed by atoms with Crippen LogP contribution < -0.4 is 5.32 Å². The van der Waals surface area contributed by atoms with Gasteiger partial charge in [-0.05, 0) is 25.5 Å². The molecule has 0 aliphatic heterocycles. The van der Waals surface area contributed by atoms with Gasteiger partial charge >= 0.3 is 5.97 Å². The third kappa shape index (κ3) is 3.08. The van der Waals surface area contributed by atoms with Gasteiger partial charge in [0.25, 0.3) is 11.6 Å². The molecule has 20 heavy (non-hydrogen) atoms. The minimum absolute atomic E-state index is 0.0667. The number of carboxylic acid groups (broad SMARTS) is 1. The van der Waals surface area contributed by atoms with Crippen LogP contribution in [0.2, 0.25) is 0 Å². The Labute approximate surface area is 113 Å². The van der Waals surface area contributed by atoms with Crippen molar-refractivity contribution >= 4 is 17.6 Å². The van der Waals surface area contributed by atoms with Crippen LogP contribution in [0.1, 0.15) is 30.6 Å². The van der Waals surface area contributed by atoms with E-state index in [-0.39, 0.29) is 6.42 Å². The van der Waals surface area contributed by atoms with E-state index in [0.717, 1.165) is 12.1 Å². The van der Waals surface area contributed by atoms with Crippen LogP contribution in [0.25, 0.3) is 0 Å². The number of carboxylic acids is 1. The highest BCUT2D eigenvalue weighted by Gasteiger charge is 2.34. The number of nitrogens with zero attached hydrogens (tertiary/aromatic N) is 1. The highest BCUT2D eigenvalue weighted by atomic mass is 19.1. The second-order valence-electron chi connectivity index (χ2n) is 4.36. The number of hydrogen-bond acceptors (Lipinski definition) is 4. The fraction of sp³-hybridized carbons (Fsp3) is 0.333. The van der Waals surface area contributed by atoms with Gasteiger partial charge in [0, 0.05) is 6.07 Å². The summed E-state index contributed by atoms with van der Waals surface area (Å²) in [5.41, 5.74) is -2.69. The molecule has 0 aromatic heterocycles. The number of rotatable bonds is 5. The van der Waals surface area contributed by atoms with E-state index in [1.165, 1.54) is 13.8 Å². The van der Waals surface area contributed by atoms with Gasteiger partial charge in [-0.2, -0.15) is 0 Å². The second kappa shape index (κ2) is 5.64. The maximum Gasteiger partial charge on any atom is 0.329 e. The molecule has 0 aliphatic carbocycles. The Morgan fingerprint density at radius 3 is 2.55 bits per heavy atom. The van der Waals surface area contributed by atoms with Gasteiger partial charge in [-0.1, -0.05) is 6.92 Å². The summed E-state index contributed by atoms with van der Waals surface area (Å²) >= 11 is 0. The zero-order chi connectivity index (χ0) is 15.5. The minimum atomic E-state index is -1.59. The maximum absolute atomic E-state index is 13.1. The van der Waals surface area contributed by atoms with Crippen molar-refractivity contribution in [2.24, 2.45) is 0 Å². The van der Waals surface area contributed by atoms with Crippen molar-refractivity contribution in [3.8, 4) is 0 Å². The Balaban J connectivity index is 3.18. The average molecular weight is 284 g/mol. The normalized spacial score (nSPS) is 13.3. The van der Waals surface area contributed by atoms with Gasteiger partial charge in [0.1, 0.15) is 16.9 Å². The Hall–Kier alpha value is -2.51. The van der Waals surface area contributed by atoms with Crippen LogP contribution in [0.5, 0.6) is 0 Å². The predicted octanol–water partition coefficient (Wildman–Crippen LogP) is 1.72. The fourth-order valence-corrected chi connectivity index (χ4v) is 1.46. The quantitative estimate of drug-likeness (QED) is 0.632. The average Bonchev–Trinajstić information content (AvgIpc) is 2.37. The van der Waals surface area contributed by atoms with Crippen molar-refractivity contribution in [1.82, 2.24) is 5.32 Å². The van der Waals surface area contributed by atoms with E-state index in [1.807, 2.05) is 0 Å². The monoisotopic (exact) mass is 284 g/mol. The summed E-state index contributed by atoms with van der Waals surface area (Å²) in [7, 11) is 0. The van der Waals surface area contributed by atoms with Crippen LogP contribution >= 0.6 is 0 Å². The van der Waals surface area contributed by atoms with E-state index < -0.39 is 39.4 Å². The van der Waals surface area contributed by atoms with Crippen molar-refractivity contribution in [3.05, 3.63) is 39.7 Å². The molecule has 1 amide bonds. The van der Waals surface area contributed by atoms with Crippen LogP contribution in [-0.2, 0) is 4.79 Å². The zero-order valence-corrected chi connectivity index (χ0v) is 10.8. The summed E-state index contributed by atoms with van der Waals surface area (Å²) in [6.07, 6.45) is 0.0667. The first-order valence-corrected chi connectivity index (χ1v) is 5.71. The van der Waals surface area contributed by atoms with Crippen molar-refractivity contribution in [2.45, 2.75) is 25.8 Å². The molecule has 0 bridgehead atoms. The van der Waals surface area contributed by atoms with E-state index in [1.54, 1.807) is 0 Å². The largest absolute Gasteiger partial charge is 0.480 e. The van der Waals surface area contributed by atoms with Crippen LogP contribution in [0, 0.1) is 15.9 Å². The number of nitro groups is 1. The summed E-state index contributed by atoms with van der Waals surface area (Å²) < 4.78 is 13.1. The number of carbonyl (C=O) groups excluding carboxylic acids is 1. The van der Waals surface area contributed by atoms with Crippen LogP contribution in [-0.4, -0.2) is 27.4 Å². The predicted molar refractivity (Wildman–Crippen MR) is 66.9 cm³/mol. The number of amides is 1. The number of nitrogens with one attached hydrogen (secondary N) is 1. The lowest BCUT2D eigenvalue weighted by Gasteiger charge is -2.24. The first-order chi connectivity index (χ1) is 9.21. The van der Waals surface area contributed by atoms with Gasteiger partial charge in [0.05, 0.1) is 4.92 Å². The number of nitro benzene ring substituents is 1. The summed E-state index contributed by atoms with van der Waals surface area (Å²) in [6.45, 7) is 2.80. The fourth-order valence-electron chi connectivity index (χ4n) is 1.46. The molecular formula is C12H13FN2O5. The van der Waals surface area contributed by atoms with E-state index >= 15 is 0 Å². The van der Waals surface area contributed by atoms with Crippen LogP contribution in [0.15, 0.2) is 18.2 Å². The van der Waals surface area contributed by atoms with E-state index in [4.69, 9.17) is 5.11 Å². The van der Waals surface area contributed by atoms with E-state index in [0.29, 0.717) is 6.07 Å². The number of benzene rings is 1. The molecule has 0 aliphatic rings. The third-order valence-corrected chi connectivity index (χ3v) is 2.97. The summed E-state index contributed by atoms with van der Waals surface area (Å²) in [4.78, 5) is 33.0. The highest BCUT2D eigenvalue weighted by molar-refractivity contribution is 6.00. The van der Waals surface area contributed by atoms with Crippen molar-refractivity contribution in [1.29, 1.82) is 0 Å². The molecule has 1 atom stereocenters. The molecule has 0 spiro atoms. The summed E-state index contributed by atoms with van der Waals surface area (Å²) in [5.74, 6) is -3.12. The lowest BCUT2D eigenvalue weighted by atomic mass is 9.98. The van der Waals surface area contributed by atoms with Gasteiger partial charge in [-0.25, -0.2) is 9.18 Å². The number of hydrogen-bond donors (Lipinski definition) is 2. The molecule has 1 aromatic carbocycles. The lowest BCUT2D eigenvalue weighted by molar-refractivity contribution is -0.385. The van der Waals surface area contributed by atoms with Crippen LogP contribution in [0.3, 0.4) is 0 Å². The second-order valence-corrected chi connectivity index (χ2v) is 4.36. The molecule has 8 heteroatoms. The SMILES string of the molecule is CCC(C)(NC(=O)c1cc(F)ccc1[N+](=O)[O-])C(=O)O. The topological polar surface area (TPSA) is 110 Å². The highest BCUT2D eigenvalue weighted by Crippen LogP contribution is 2.21. The van der Waals surface area contributed by atoms with Crippen molar-refractivity contribution < 1.29 is 24.0 Å². The van der Waals surface area contributed by atoms with Gasteiger partial charge in [0.15, 0.2) is 0 Å². The molecule has 2 N–H and O–H groups in total. The molecule has 108 valence electrons. The summed E-state index contributed by atoms with van der Waals surface area (Å²) in [6, 6.07) is 2.41. The minimum Gasteiger partial charge on any atom is -0.480 e. The maximum atomic E-state index is 13.1. The Morgan fingerprint density at radius 2 is 2.10 bits per heavy atom. The molecule has 1 unspecified atom stereocenters. The summed E-state index contributed by atoms with van der Waals surface area (Å²) in [5, 5.41) is 22.0. The molecule has 0 saturated carbocycles. The Morgan fingerprint density at radius 1 is 1.50 bits per heavy atom. The molecule has 0 saturated heterocycles. The molecule has 0 fully saturated rings. The molecular weight excluding hydrogens is 271 g/mol. The Kier molecular flexibility index (Phi) is 4.38. The lowest BCUT2D eigenvalue weighted by Crippen LogP contribution is -2.51. The first-order valence-electron chi connectivity index (χ1n) is 5.71. The van der Waals surface area contributed by atoms with Crippen LogP contribution in [0.4, 0.5) is 10.1 Å². The van der Waals surface area contributed by atoms with E-state index in [2.05, 4.69) is 5.32 Å². The van der Waals surface area contributed by atoms with Crippen molar-refractivity contribution in [3.63, 3.8) is 0 Å². The third-order valence-electron chi connectivity index (χ3n) is 2.97. The standard InChI is InChI=1S/C12H13FN2O5/c1-3-12(2,11(17)18)14-10(16)8-6-7(13)4-5-9(8)15(19)20/h4-6H,3H2,1-2H3,(H,14,16)(H,17,18). The van der Waals surface area contributed by atoms with Gasteiger partial charge in [-0.15, -0.1) is 0 Å². The molecule has 7 nitrogen and oxygen atoms in total. The number of aliphatic carboxylic acids is 1. The number of carbonyl (C=O) groups is 2. The van der Waals surface area contributed by atoms with Crippen molar-refractivity contribution in [2.75, 3.05) is 0 Å². The van der Waals surface area contributed by atoms with Gasteiger partial charge in [0.2, 0.25) is 0 Å². The molecule has 1 aromatic rings. The molecule has 0 radical (unpaired) electrons. The first kappa shape index (κ1) is 15.5. The van der Waals surface area contributed by atoms with E-state index in [9.17, 15) is 24.1 Å².